The van der Waals surface area contributed by atoms with Crippen molar-refractivity contribution < 1.29 is 0 Å². The highest BCUT2D eigenvalue weighted by atomic mass is 15.2. The lowest BCUT2D eigenvalue weighted by molar-refractivity contribution is 0.139. The number of nitrogens with two attached hydrogens (primary N) is 1. The molecule has 0 spiro atoms. The second-order valence-corrected chi connectivity index (χ2v) is 5.93. The Morgan fingerprint density at radius 3 is 2.81 bits per heavy atom. The summed E-state index contributed by atoms with van der Waals surface area (Å²) in [5.74, 6) is 0.613. The van der Waals surface area contributed by atoms with Gasteiger partial charge in [0, 0.05) is 18.8 Å². The quantitative estimate of drug-likeness (QED) is 0.932. The minimum absolute atomic E-state index is 0.465. The molecule has 21 heavy (non-hydrogen) atoms. The van der Waals surface area contributed by atoms with Gasteiger partial charge in [-0.25, -0.2) is 4.98 Å². The molecule has 1 aliphatic heterocycles. The Kier molecular flexibility index (Phi) is 4.20. The van der Waals surface area contributed by atoms with Gasteiger partial charge in [-0.1, -0.05) is 36.8 Å². The fourth-order valence-corrected chi connectivity index (χ4v) is 3.29. The van der Waals surface area contributed by atoms with Crippen LogP contribution < -0.4 is 5.73 Å². The molecule has 2 N–H and O–H groups in total. The van der Waals surface area contributed by atoms with E-state index in [1.807, 2.05) is 12.3 Å². The van der Waals surface area contributed by atoms with Crippen LogP contribution in [0.3, 0.4) is 0 Å². The normalized spacial score (nSPS) is 19.6. The number of hydrogen-bond donors (Lipinski definition) is 1. The maximum atomic E-state index is 5.79. The van der Waals surface area contributed by atoms with E-state index in [-0.39, 0.29) is 0 Å². The Morgan fingerprint density at radius 2 is 2.05 bits per heavy atom. The molecule has 1 atom stereocenters. The van der Waals surface area contributed by atoms with Crippen molar-refractivity contribution in [1.82, 2.24) is 9.88 Å². The van der Waals surface area contributed by atoms with Crippen LogP contribution in [0.25, 0.3) is 0 Å². The van der Waals surface area contributed by atoms with E-state index in [1.54, 1.807) is 0 Å². The topological polar surface area (TPSA) is 42.1 Å². The predicted molar refractivity (Wildman–Crippen MR) is 86.8 cm³/mol. The lowest BCUT2D eigenvalue weighted by Gasteiger charge is -2.36. The largest absolute Gasteiger partial charge is 0.384 e. The third-order valence-electron chi connectivity index (χ3n) is 4.37. The van der Waals surface area contributed by atoms with E-state index < -0.39 is 0 Å². The molecule has 110 valence electrons. The zero-order valence-corrected chi connectivity index (χ0v) is 12.6. The summed E-state index contributed by atoms with van der Waals surface area (Å²) in [6, 6.07) is 13.2. The van der Waals surface area contributed by atoms with Gasteiger partial charge in [-0.3, -0.25) is 4.90 Å². The van der Waals surface area contributed by atoms with Gasteiger partial charge in [0.15, 0.2) is 0 Å². The number of anilines is 1. The summed E-state index contributed by atoms with van der Waals surface area (Å²) in [7, 11) is 0. The summed E-state index contributed by atoms with van der Waals surface area (Å²) in [4.78, 5) is 6.89. The molecule has 2 heterocycles. The highest BCUT2D eigenvalue weighted by Crippen LogP contribution is 2.33. The number of aromatic nitrogens is 1. The van der Waals surface area contributed by atoms with Gasteiger partial charge >= 0.3 is 0 Å². The van der Waals surface area contributed by atoms with Crippen molar-refractivity contribution in [2.45, 2.75) is 38.8 Å². The zero-order chi connectivity index (χ0) is 14.7. The van der Waals surface area contributed by atoms with E-state index in [0.29, 0.717) is 11.9 Å². The van der Waals surface area contributed by atoms with E-state index in [4.69, 9.17) is 5.73 Å². The molecule has 1 aromatic carbocycles. The maximum absolute atomic E-state index is 5.79. The molecule has 0 unspecified atom stereocenters. The first kappa shape index (κ1) is 14.1. The molecule has 0 aliphatic carbocycles. The molecule has 1 fully saturated rings. The van der Waals surface area contributed by atoms with E-state index in [0.717, 1.165) is 13.1 Å². The van der Waals surface area contributed by atoms with Crippen molar-refractivity contribution in [2.24, 2.45) is 0 Å². The van der Waals surface area contributed by atoms with Crippen LogP contribution in [0.1, 0.15) is 42.0 Å². The Morgan fingerprint density at radius 1 is 1.24 bits per heavy atom. The van der Waals surface area contributed by atoms with E-state index in [1.165, 1.54) is 36.0 Å². The summed E-state index contributed by atoms with van der Waals surface area (Å²) in [6.45, 7) is 4.31. The first-order chi connectivity index (χ1) is 10.2. The summed E-state index contributed by atoms with van der Waals surface area (Å²) in [5.41, 5.74) is 9.76. The number of nitrogen functional groups attached to an aromatic ring is 1. The van der Waals surface area contributed by atoms with Crippen LogP contribution in [-0.2, 0) is 6.54 Å². The Bertz CT molecular complexity index is 595. The van der Waals surface area contributed by atoms with Crippen molar-refractivity contribution >= 4 is 5.82 Å². The average Bonchev–Trinajstić information content (AvgIpc) is 2.49. The number of rotatable bonds is 3. The van der Waals surface area contributed by atoms with Gasteiger partial charge in [-0.05, 0) is 49.1 Å². The molecule has 1 aliphatic rings. The van der Waals surface area contributed by atoms with Gasteiger partial charge in [0.2, 0.25) is 0 Å². The van der Waals surface area contributed by atoms with Crippen LogP contribution in [-0.4, -0.2) is 16.4 Å². The molecule has 2 aromatic rings. The molecule has 3 nitrogen and oxygen atoms in total. The first-order valence-corrected chi connectivity index (χ1v) is 7.74. The van der Waals surface area contributed by atoms with Crippen LogP contribution in [0.15, 0.2) is 42.6 Å². The van der Waals surface area contributed by atoms with Crippen molar-refractivity contribution in [1.29, 1.82) is 0 Å². The molecule has 1 saturated heterocycles. The second kappa shape index (κ2) is 6.27. The fourth-order valence-electron chi connectivity index (χ4n) is 3.29. The third kappa shape index (κ3) is 3.24. The predicted octanol–water partition coefficient (Wildman–Crippen LogP) is 3.70. The SMILES string of the molecule is Cc1cc(N)ncc1[C@H]1CCCCN1Cc1ccccc1. The minimum Gasteiger partial charge on any atom is -0.384 e. The smallest absolute Gasteiger partial charge is 0.123 e. The van der Waals surface area contributed by atoms with Crippen molar-refractivity contribution in [3.8, 4) is 0 Å². The Balaban J connectivity index is 1.84. The van der Waals surface area contributed by atoms with Gasteiger partial charge in [0.1, 0.15) is 5.82 Å². The van der Waals surface area contributed by atoms with Crippen LogP contribution in [0, 0.1) is 6.92 Å². The van der Waals surface area contributed by atoms with Gasteiger partial charge in [-0.15, -0.1) is 0 Å². The number of benzene rings is 1. The lowest BCUT2D eigenvalue weighted by Crippen LogP contribution is -2.33. The summed E-state index contributed by atoms with van der Waals surface area (Å²) in [6.07, 6.45) is 5.75. The summed E-state index contributed by atoms with van der Waals surface area (Å²) >= 11 is 0. The first-order valence-electron chi connectivity index (χ1n) is 7.74. The van der Waals surface area contributed by atoms with Gasteiger partial charge in [0.25, 0.3) is 0 Å². The highest BCUT2D eigenvalue weighted by Gasteiger charge is 2.25. The van der Waals surface area contributed by atoms with E-state index >= 15 is 0 Å². The van der Waals surface area contributed by atoms with Crippen molar-refractivity contribution in [2.75, 3.05) is 12.3 Å². The Labute approximate surface area is 126 Å². The number of likely N-dealkylation sites (tertiary alicyclic amines) is 1. The molecule has 1 aromatic heterocycles. The second-order valence-electron chi connectivity index (χ2n) is 5.93. The monoisotopic (exact) mass is 281 g/mol. The van der Waals surface area contributed by atoms with Crippen molar-refractivity contribution in [3.05, 3.63) is 59.3 Å². The molecule has 0 amide bonds. The fraction of sp³-hybridized carbons (Fsp3) is 0.389. The molecule has 0 saturated carbocycles. The highest BCUT2D eigenvalue weighted by molar-refractivity contribution is 5.38. The number of nitrogens with zero attached hydrogens (tertiary/aromatic N) is 2. The summed E-state index contributed by atoms with van der Waals surface area (Å²) in [5, 5.41) is 0. The van der Waals surface area contributed by atoms with Crippen LogP contribution >= 0.6 is 0 Å². The lowest BCUT2D eigenvalue weighted by atomic mass is 9.93. The maximum Gasteiger partial charge on any atom is 0.123 e. The molecular weight excluding hydrogens is 258 g/mol. The summed E-state index contributed by atoms with van der Waals surface area (Å²) < 4.78 is 0. The van der Waals surface area contributed by atoms with Crippen LogP contribution in [0.2, 0.25) is 0 Å². The molecule has 0 bridgehead atoms. The van der Waals surface area contributed by atoms with E-state index in [9.17, 15) is 0 Å². The van der Waals surface area contributed by atoms with Crippen molar-refractivity contribution in [3.63, 3.8) is 0 Å². The molecule has 0 radical (unpaired) electrons. The van der Waals surface area contributed by atoms with Gasteiger partial charge in [-0.2, -0.15) is 0 Å². The number of pyridine rings is 1. The number of aryl methyl sites for hydroxylation is 1. The standard InChI is InChI=1S/C18H23N3/c1-14-11-18(19)20-12-16(14)17-9-5-6-10-21(17)13-15-7-3-2-4-8-15/h2-4,7-8,11-12,17H,5-6,9-10,13H2,1H3,(H2,19,20)/t17-/m1/s1. The molecule has 3 rings (SSSR count). The van der Waals surface area contributed by atoms with Crippen LogP contribution in [0.4, 0.5) is 5.82 Å². The number of hydrogen-bond acceptors (Lipinski definition) is 3. The van der Waals surface area contributed by atoms with Gasteiger partial charge in [0.05, 0.1) is 0 Å². The Hall–Kier alpha value is -1.87. The van der Waals surface area contributed by atoms with Gasteiger partial charge < -0.3 is 5.73 Å². The minimum atomic E-state index is 0.465. The van der Waals surface area contributed by atoms with Crippen LogP contribution in [0.5, 0.6) is 0 Å². The third-order valence-corrected chi connectivity index (χ3v) is 4.37. The number of piperidine rings is 1. The molecular formula is C18H23N3. The molecule has 3 heteroatoms. The van der Waals surface area contributed by atoms with E-state index in [2.05, 4.69) is 47.1 Å². The zero-order valence-electron chi connectivity index (χ0n) is 12.6. The average molecular weight is 281 g/mol.